The summed E-state index contributed by atoms with van der Waals surface area (Å²) in [4.78, 5) is 6.45. The van der Waals surface area contributed by atoms with Crippen molar-refractivity contribution in [2.75, 3.05) is 6.54 Å². The van der Waals surface area contributed by atoms with Crippen molar-refractivity contribution in [3.8, 4) is 0 Å². The van der Waals surface area contributed by atoms with Crippen LogP contribution < -0.4 is 5.32 Å². The van der Waals surface area contributed by atoms with Crippen molar-refractivity contribution < 1.29 is 18.3 Å². The second-order valence-corrected chi connectivity index (χ2v) is 4.95. The fourth-order valence-electron chi connectivity index (χ4n) is 1.20. The van der Waals surface area contributed by atoms with Gasteiger partial charge in [0.25, 0.3) is 0 Å². The second kappa shape index (κ2) is 5.19. The van der Waals surface area contributed by atoms with Gasteiger partial charge in [-0.1, -0.05) is 0 Å². The first-order valence-electron chi connectivity index (χ1n) is 5.43. The van der Waals surface area contributed by atoms with Gasteiger partial charge in [0.2, 0.25) is 5.82 Å². The summed E-state index contributed by atoms with van der Waals surface area (Å²) < 4.78 is 37.2. The molecule has 2 N–H and O–H groups in total. The summed E-state index contributed by atoms with van der Waals surface area (Å²) in [5, 5.41) is 12.7. The molecular weight excluding hydrogens is 247 g/mol. The number of aromatic nitrogens is 2. The normalized spacial score (nSPS) is 14.6. The fraction of sp³-hybridized carbons (Fsp3) is 0.636. The zero-order chi connectivity index (χ0) is 14.0. The Bertz CT molecular complexity index is 401. The Labute approximate surface area is 103 Å². The molecule has 1 heterocycles. The Kier molecular flexibility index (Phi) is 4.28. The van der Waals surface area contributed by atoms with Crippen molar-refractivity contribution in [3.05, 3.63) is 23.8 Å². The quantitative estimate of drug-likeness (QED) is 0.874. The summed E-state index contributed by atoms with van der Waals surface area (Å²) >= 11 is 0. The maximum Gasteiger partial charge on any atom is 0.451 e. The fourth-order valence-corrected chi connectivity index (χ4v) is 1.20. The summed E-state index contributed by atoms with van der Waals surface area (Å²) in [6.07, 6.45) is -4.72. The molecule has 1 rings (SSSR count). The van der Waals surface area contributed by atoms with Crippen LogP contribution in [-0.2, 0) is 6.18 Å². The molecule has 7 heteroatoms. The molecule has 0 amide bonds. The number of halogens is 3. The van der Waals surface area contributed by atoms with Gasteiger partial charge in [-0.25, -0.2) is 9.97 Å². The van der Waals surface area contributed by atoms with Crippen molar-refractivity contribution in [1.29, 1.82) is 0 Å². The average Bonchev–Trinajstić information content (AvgIpc) is 2.24. The van der Waals surface area contributed by atoms with Crippen LogP contribution in [0.15, 0.2) is 12.3 Å². The van der Waals surface area contributed by atoms with Gasteiger partial charge in [-0.3, -0.25) is 0 Å². The number of β-amino-alcohol motifs (C(OH)–C–C–N with tert-alkyl or cyclic N) is 1. The molecule has 1 aromatic rings. The number of aliphatic hydroxyl groups excluding tert-OH is 1. The molecule has 1 atom stereocenters. The number of hydrogen-bond donors (Lipinski definition) is 2. The summed E-state index contributed by atoms with van der Waals surface area (Å²) in [7, 11) is 0. The first-order chi connectivity index (χ1) is 8.09. The zero-order valence-electron chi connectivity index (χ0n) is 10.4. The van der Waals surface area contributed by atoms with E-state index in [1.165, 1.54) is 6.07 Å². The van der Waals surface area contributed by atoms with E-state index in [2.05, 4.69) is 15.3 Å². The number of aliphatic hydroxyl groups is 1. The lowest BCUT2D eigenvalue weighted by molar-refractivity contribution is -0.145. The van der Waals surface area contributed by atoms with Crippen LogP contribution in [0, 0.1) is 0 Å². The molecule has 1 unspecified atom stereocenters. The predicted molar refractivity (Wildman–Crippen MR) is 59.7 cm³/mol. The molecule has 0 saturated heterocycles. The van der Waals surface area contributed by atoms with E-state index in [4.69, 9.17) is 0 Å². The van der Waals surface area contributed by atoms with E-state index >= 15 is 0 Å². The molecule has 0 radical (unpaired) electrons. The average molecular weight is 263 g/mol. The van der Waals surface area contributed by atoms with Gasteiger partial charge in [0, 0.05) is 18.3 Å². The van der Waals surface area contributed by atoms with Crippen molar-refractivity contribution >= 4 is 0 Å². The number of alkyl halides is 3. The molecule has 1 aromatic heterocycles. The number of hydrogen-bond acceptors (Lipinski definition) is 4. The SMILES string of the molecule is CC(C)(C)NCC(O)c1ccnc(C(F)(F)F)n1. The number of rotatable bonds is 3. The van der Waals surface area contributed by atoms with Gasteiger partial charge >= 0.3 is 6.18 Å². The summed E-state index contributed by atoms with van der Waals surface area (Å²) in [6, 6.07) is 1.27. The third-order valence-electron chi connectivity index (χ3n) is 2.10. The van der Waals surface area contributed by atoms with Gasteiger partial charge in [-0.05, 0) is 26.8 Å². The van der Waals surface area contributed by atoms with Crippen LogP contribution in [-0.4, -0.2) is 27.2 Å². The standard InChI is InChI=1S/C11H16F3N3O/c1-10(2,3)16-6-8(18)7-4-5-15-9(17-7)11(12,13)14/h4-5,8,16,18H,6H2,1-3H3. The Balaban J connectivity index is 2.78. The summed E-state index contributed by atoms with van der Waals surface area (Å²) in [5.41, 5.74) is -0.282. The molecule has 4 nitrogen and oxygen atoms in total. The molecule has 18 heavy (non-hydrogen) atoms. The molecular formula is C11H16F3N3O. The van der Waals surface area contributed by atoms with Gasteiger partial charge in [0.15, 0.2) is 0 Å². The van der Waals surface area contributed by atoms with Crippen LogP contribution in [0.2, 0.25) is 0 Å². The maximum absolute atomic E-state index is 12.4. The molecule has 0 aliphatic rings. The number of nitrogens with one attached hydrogen (secondary N) is 1. The monoisotopic (exact) mass is 263 g/mol. The maximum atomic E-state index is 12.4. The second-order valence-electron chi connectivity index (χ2n) is 4.95. The Morgan fingerprint density at radius 2 is 1.94 bits per heavy atom. The Morgan fingerprint density at radius 1 is 1.33 bits per heavy atom. The molecule has 0 saturated carbocycles. The molecule has 0 fully saturated rings. The van der Waals surface area contributed by atoms with E-state index in [0.29, 0.717) is 0 Å². The molecule has 0 bridgehead atoms. The van der Waals surface area contributed by atoms with Gasteiger partial charge in [-0.2, -0.15) is 13.2 Å². The molecule has 0 aromatic carbocycles. The van der Waals surface area contributed by atoms with Gasteiger partial charge < -0.3 is 10.4 Å². The number of nitrogens with zero attached hydrogens (tertiary/aromatic N) is 2. The topological polar surface area (TPSA) is 58.0 Å². The molecule has 102 valence electrons. The molecule has 0 aliphatic carbocycles. The van der Waals surface area contributed by atoms with E-state index in [9.17, 15) is 18.3 Å². The Morgan fingerprint density at radius 3 is 2.44 bits per heavy atom. The third kappa shape index (κ3) is 4.58. The third-order valence-corrected chi connectivity index (χ3v) is 2.10. The minimum Gasteiger partial charge on any atom is -0.385 e. The smallest absolute Gasteiger partial charge is 0.385 e. The van der Waals surface area contributed by atoms with Crippen LogP contribution in [0.4, 0.5) is 13.2 Å². The van der Waals surface area contributed by atoms with Crippen molar-refractivity contribution in [2.24, 2.45) is 0 Å². The van der Waals surface area contributed by atoms with Crippen LogP contribution >= 0.6 is 0 Å². The highest BCUT2D eigenvalue weighted by atomic mass is 19.4. The highest BCUT2D eigenvalue weighted by Crippen LogP contribution is 2.26. The first-order valence-corrected chi connectivity index (χ1v) is 5.43. The highest BCUT2D eigenvalue weighted by Gasteiger charge is 2.35. The van der Waals surface area contributed by atoms with Crippen LogP contribution in [0.3, 0.4) is 0 Å². The van der Waals surface area contributed by atoms with E-state index < -0.39 is 18.1 Å². The summed E-state index contributed by atoms with van der Waals surface area (Å²) in [6.45, 7) is 5.79. The van der Waals surface area contributed by atoms with Crippen LogP contribution in [0.5, 0.6) is 0 Å². The zero-order valence-corrected chi connectivity index (χ0v) is 10.4. The lowest BCUT2D eigenvalue weighted by Crippen LogP contribution is -2.38. The van der Waals surface area contributed by atoms with E-state index in [1.54, 1.807) is 0 Å². The van der Waals surface area contributed by atoms with Crippen LogP contribution in [0.25, 0.3) is 0 Å². The van der Waals surface area contributed by atoms with Crippen molar-refractivity contribution in [2.45, 2.75) is 38.6 Å². The van der Waals surface area contributed by atoms with Gasteiger partial charge in [0.05, 0.1) is 5.69 Å². The van der Waals surface area contributed by atoms with Gasteiger partial charge in [-0.15, -0.1) is 0 Å². The predicted octanol–water partition coefficient (Wildman–Crippen LogP) is 1.92. The Hall–Kier alpha value is -1.21. The summed E-state index contributed by atoms with van der Waals surface area (Å²) in [5.74, 6) is -1.24. The minimum atomic E-state index is -4.60. The minimum absolute atomic E-state index is 0.0472. The largest absolute Gasteiger partial charge is 0.451 e. The highest BCUT2D eigenvalue weighted by molar-refractivity contribution is 5.07. The van der Waals surface area contributed by atoms with E-state index in [-0.39, 0.29) is 17.8 Å². The lowest BCUT2D eigenvalue weighted by atomic mass is 10.1. The van der Waals surface area contributed by atoms with E-state index in [0.717, 1.165) is 6.20 Å². The van der Waals surface area contributed by atoms with Crippen molar-refractivity contribution in [1.82, 2.24) is 15.3 Å². The van der Waals surface area contributed by atoms with E-state index in [1.807, 2.05) is 20.8 Å². The van der Waals surface area contributed by atoms with Crippen molar-refractivity contribution in [3.63, 3.8) is 0 Å². The van der Waals surface area contributed by atoms with Crippen LogP contribution in [0.1, 0.15) is 38.4 Å². The lowest BCUT2D eigenvalue weighted by Gasteiger charge is -2.22. The first kappa shape index (κ1) is 14.8. The molecule has 0 aliphatic heterocycles. The van der Waals surface area contributed by atoms with Gasteiger partial charge in [0.1, 0.15) is 6.10 Å². The molecule has 0 spiro atoms.